The zero-order valence-electron chi connectivity index (χ0n) is 22.0. The Morgan fingerprint density at radius 2 is 1.40 bits per heavy atom. The molecular formula is C33H29ClN2O4. The summed E-state index contributed by atoms with van der Waals surface area (Å²) in [5, 5.41) is 11.3. The molecule has 0 saturated carbocycles. The van der Waals surface area contributed by atoms with Crippen molar-refractivity contribution in [2.75, 3.05) is 13.0 Å². The first-order valence-electron chi connectivity index (χ1n) is 13.2. The molecule has 0 bridgehead atoms. The van der Waals surface area contributed by atoms with E-state index in [9.17, 15) is 14.7 Å². The smallest absolute Gasteiger partial charge is 0.330 e. The summed E-state index contributed by atoms with van der Waals surface area (Å²) in [6.45, 7) is 0.191. The molecule has 0 spiro atoms. The maximum Gasteiger partial charge on any atom is 0.330 e. The lowest BCUT2D eigenvalue weighted by Gasteiger charge is -2.43. The quantitative estimate of drug-likeness (QED) is 0.246. The third kappa shape index (κ3) is 3.82. The Hall–Kier alpha value is -4.13. The highest BCUT2D eigenvalue weighted by molar-refractivity contribution is 6.18. The predicted octanol–water partition coefficient (Wildman–Crippen LogP) is 5.41. The van der Waals surface area contributed by atoms with Crippen LogP contribution in [-0.2, 0) is 21.6 Å². The molecule has 3 atom stereocenters. The third-order valence-corrected chi connectivity index (χ3v) is 8.40. The van der Waals surface area contributed by atoms with Gasteiger partial charge in [0, 0.05) is 6.54 Å². The number of carbonyl (C=O) groups is 2. The molecule has 0 radical (unpaired) electrons. The molecule has 0 aromatic heterocycles. The van der Waals surface area contributed by atoms with Gasteiger partial charge in [0.15, 0.2) is 6.04 Å². The van der Waals surface area contributed by atoms with Crippen molar-refractivity contribution in [1.29, 1.82) is 0 Å². The Bertz CT molecular complexity index is 1500. The van der Waals surface area contributed by atoms with Crippen molar-refractivity contribution in [3.63, 3.8) is 0 Å². The molecule has 1 N–H and O–H groups in total. The number of carbonyl (C=O) groups excluding carboxylic acids is 2. The first kappa shape index (κ1) is 26.1. The van der Waals surface area contributed by atoms with Crippen molar-refractivity contribution < 1.29 is 19.4 Å². The van der Waals surface area contributed by atoms with Crippen LogP contribution in [0.4, 0.5) is 4.79 Å². The maximum absolute atomic E-state index is 14.8. The highest BCUT2D eigenvalue weighted by Gasteiger charge is 2.63. The summed E-state index contributed by atoms with van der Waals surface area (Å²) in [6.07, 6.45) is -1.18. The fourth-order valence-electron chi connectivity index (χ4n) is 6.49. The number of aliphatic hydroxyl groups excluding tert-OH is 1. The topological polar surface area (TPSA) is 70.1 Å². The summed E-state index contributed by atoms with van der Waals surface area (Å²) in [7, 11) is 1.31. The Morgan fingerprint density at radius 3 is 1.95 bits per heavy atom. The lowest BCUT2D eigenvalue weighted by Crippen LogP contribution is -2.57. The molecule has 1 unspecified atom stereocenters. The maximum atomic E-state index is 14.8. The normalized spacial score (nSPS) is 19.7. The van der Waals surface area contributed by atoms with Gasteiger partial charge in [-0.1, -0.05) is 109 Å². The summed E-state index contributed by atoms with van der Waals surface area (Å²) < 4.78 is 5.34. The highest BCUT2D eigenvalue weighted by atomic mass is 35.5. The van der Waals surface area contributed by atoms with E-state index in [1.807, 2.05) is 109 Å². The lowest BCUT2D eigenvalue weighted by molar-refractivity contribution is -0.148. The zero-order valence-corrected chi connectivity index (χ0v) is 22.7. The van der Waals surface area contributed by atoms with Gasteiger partial charge in [0.1, 0.15) is 5.54 Å². The monoisotopic (exact) mass is 552 g/mol. The second-order valence-corrected chi connectivity index (χ2v) is 10.4. The number of amides is 2. The van der Waals surface area contributed by atoms with E-state index in [-0.39, 0.29) is 18.5 Å². The number of esters is 1. The van der Waals surface area contributed by atoms with Crippen molar-refractivity contribution >= 4 is 23.6 Å². The first-order chi connectivity index (χ1) is 19.5. The minimum atomic E-state index is -1.18. The van der Waals surface area contributed by atoms with Crippen LogP contribution in [0.1, 0.15) is 22.3 Å². The fraction of sp³-hybridized carbons (Fsp3) is 0.212. The van der Waals surface area contributed by atoms with E-state index < -0.39 is 29.7 Å². The third-order valence-electron chi connectivity index (χ3n) is 8.08. The Balaban J connectivity index is 1.67. The number of hydrogen-bond donors (Lipinski definition) is 1. The van der Waals surface area contributed by atoms with Crippen LogP contribution in [0.2, 0.25) is 0 Å². The number of aliphatic hydroxyl groups is 1. The van der Waals surface area contributed by atoms with Gasteiger partial charge in [0.25, 0.3) is 0 Å². The van der Waals surface area contributed by atoms with Crippen molar-refractivity contribution in [2.24, 2.45) is 0 Å². The molecular weight excluding hydrogens is 524 g/mol. The van der Waals surface area contributed by atoms with Crippen LogP contribution in [0.15, 0.2) is 109 Å². The van der Waals surface area contributed by atoms with E-state index in [0.717, 1.165) is 33.4 Å². The van der Waals surface area contributed by atoms with Crippen LogP contribution in [0.3, 0.4) is 0 Å². The van der Waals surface area contributed by atoms with Crippen LogP contribution in [-0.4, -0.2) is 58.1 Å². The van der Waals surface area contributed by atoms with Gasteiger partial charge >= 0.3 is 12.0 Å². The van der Waals surface area contributed by atoms with Crippen LogP contribution in [0.5, 0.6) is 0 Å². The number of alkyl halides is 1. The highest BCUT2D eigenvalue weighted by Crippen LogP contribution is 2.56. The Labute approximate surface area is 238 Å². The van der Waals surface area contributed by atoms with E-state index in [1.165, 1.54) is 7.11 Å². The number of rotatable bonds is 7. The van der Waals surface area contributed by atoms with Gasteiger partial charge in [-0.3, -0.25) is 4.90 Å². The first-order valence-corrected chi connectivity index (χ1v) is 13.8. The molecule has 7 heteroatoms. The van der Waals surface area contributed by atoms with Crippen LogP contribution >= 0.6 is 11.6 Å². The summed E-state index contributed by atoms with van der Waals surface area (Å²) >= 11 is 6.22. The molecule has 40 heavy (non-hydrogen) atoms. The molecule has 1 fully saturated rings. The Kier molecular flexibility index (Phi) is 6.82. The van der Waals surface area contributed by atoms with Gasteiger partial charge < -0.3 is 14.7 Å². The number of fused-ring (bicyclic) bond motifs is 3. The number of methoxy groups -OCH3 is 1. The molecule has 4 aromatic rings. The molecule has 1 aliphatic heterocycles. The summed E-state index contributed by atoms with van der Waals surface area (Å²) in [5.41, 5.74) is 4.25. The minimum Gasteiger partial charge on any atom is -0.467 e. The van der Waals surface area contributed by atoms with E-state index >= 15 is 0 Å². The molecule has 2 amide bonds. The van der Waals surface area contributed by atoms with Gasteiger partial charge in [0.05, 0.1) is 25.1 Å². The lowest BCUT2D eigenvalue weighted by atomic mass is 9.78. The number of ether oxygens (including phenoxy) is 1. The second-order valence-electron chi connectivity index (χ2n) is 10.1. The molecule has 1 saturated heterocycles. The van der Waals surface area contributed by atoms with Crippen LogP contribution in [0.25, 0.3) is 11.1 Å². The molecule has 6 rings (SSSR count). The summed E-state index contributed by atoms with van der Waals surface area (Å²) in [6, 6.07) is 32.7. The van der Waals surface area contributed by atoms with E-state index in [1.54, 1.807) is 9.80 Å². The van der Waals surface area contributed by atoms with Gasteiger partial charge in [-0.2, -0.15) is 0 Å². The molecule has 4 aromatic carbocycles. The SMILES string of the molecule is COC(=O)[C@@H]1C([C@@H](O)CCl)N(Cc2ccccc2)C(=O)N1C1(c2ccccc2)c2ccccc2-c2ccccc21. The molecule has 2 aliphatic rings. The van der Waals surface area contributed by atoms with Crippen molar-refractivity contribution in [2.45, 2.75) is 30.3 Å². The number of hydrogen-bond acceptors (Lipinski definition) is 4. The van der Waals surface area contributed by atoms with E-state index in [2.05, 4.69) is 0 Å². The molecule has 6 nitrogen and oxygen atoms in total. The average molecular weight is 553 g/mol. The van der Waals surface area contributed by atoms with Gasteiger partial charge in [0.2, 0.25) is 0 Å². The average Bonchev–Trinajstić information content (AvgIpc) is 3.47. The summed E-state index contributed by atoms with van der Waals surface area (Å²) in [4.78, 5) is 31.8. The van der Waals surface area contributed by atoms with Gasteiger partial charge in [-0.15, -0.1) is 11.6 Å². The number of urea groups is 1. The zero-order chi connectivity index (χ0) is 27.9. The van der Waals surface area contributed by atoms with Gasteiger partial charge in [-0.05, 0) is 33.4 Å². The summed E-state index contributed by atoms with van der Waals surface area (Å²) in [5.74, 6) is -0.772. The molecule has 1 aliphatic carbocycles. The van der Waals surface area contributed by atoms with Crippen molar-refractivity contribution in [3.8, 4) is 11.1 Å². The largest absolute Gasteiger partial charge is 0.467 e. The second kappa shape index (κ2) is 10.5. The number of halogens is 1. The van der Waals surface area contributed by atoms with E-state index in [0.29, 0.717) is 0 Å². The van der Waals surface area contributed by atoms with Gasteiger partial charge in [-0.25, -0.2) is 9.59 Å². The van der Waals surface area contributed by atoms with Crippen molar-refractivity contribution in [1.82, 2.24) is 9.80 Å². The van der Waals surface area contributed by atoms with Crippen LogP contribution < -0.4 is 0 Å². The molecule has 1 heterocycles. The number of nitrogens with zero attached hydrogens (tertiary/aromatic N) is 2. The molecule has 202 valence electrons. The van der Waals surface area contributed by atoms with Crippen molar-refractivity contribution in [3.05, 3.63) is 131 Å². The Morgan fingerprint density at radius 1 is 0.875 bits per heavy atom. The number of benzene rings is 4. The fourth-order valence-corrected chi connectivity index (χ4v) is 6.67. The van der Waals surface area contributed by atoms with Crippen LogP contribution in [0, 0.1) is 0 Å². The van der Waals surface area contributed by atoms with E-state index in [4.69, 9.17) is 16.3 Å². The standard InChI is InChI=1S/C33H29ClN2O4/c1-40-31(38)30-29(28(37)20-34)35(21-22-12-4-2-5-13-22)32(39)36(30)33(23-14-6-3-7-15-23)26-18-10-8-16-24(26)25-17-9-11-19-27(25)33/h2-19,28-30,37H,20-21H2,1H3/t28-,29?,30-/m0/s1. The minimum absolute atomic E-state index is 0.157. The predicted molar refractivity (Wildman–Crippen MR) is 154 cm³/mol.